The minimum absolute atomic E-state index is 0.958. The smallest absolute Gasteiger partial charge is 0.121 e. The van der Waals surface area contributed by atoms with Gasteiger partial charge in [0.05, 0.1) is 7.11 Å². The zero-order valence-corrected chi connectivity index (χ0v) is 11.0. The highest BCUT2D eigenvalue weighted by Crippen LogP contribution is 2.28. The fraction of sp³-hybridized carbons (Fsp3) is 0.231. The molecule has 0 amide bonds. The number of aryl methyl sites for hydroxylation is 1. The van der Waals surface area contributed by atoms with Crippen molar-refractivity contribution in [2.75, 3.05) is 7.11 Å². The summed E-state index contributed by atoms with van der Waals surface area (Å²) >= 11 is 3.61. The molecule has 3 heteroatoms. The molecule has 0 aliphatic heterocycles. The maximum Gasteiger partial charge on any atom is 0.121 e. The molecule has 0 radical (unpaired) electrons. The van der Waals surface area contributed by atoms with Crippen molar-refractivity contribution in [1.29, 1.82) is 0 Å². The number of methoxy groups -OCH3 is 1. The number of benzene rings is 1. The normalized spacial score (nSPS) is 10.4. The molecule has 84 valence electrons. The van der Waals surface area contributed by atoms with Crippen LogP contribution >= 0.6 is 23.1 Å². The predicted molar refractivity (Wildman–Crippen MR) is 71.6 cm³/mol. The number of rotatable bonds is 4. The summed E-state index contributed by atoms with van der Waals surface area (Å²) < 4.78 is 5.24. The Balaban J connectivity index is 2.02. The lowest BCUT2D eigenvalue weighted by Gasteiger charge is -2.06. The van der Waals surface area contributed by atoms with Crippen molar-refractivity contribution in [2.45, 2.75) is 17.6 Å². The Hall–Kier alpha value is -0.930. The van der Waals surface area contributed by atoms with Crippen molar-refractivity contribution in [3.05, 3.63) is 46.2 Å². The maximum absolute atomic E-state index is 5.24. The van der Waals surface area contributed by atoms with Gasteiger partial charge in [0, 0.05) is 10.6 Å². The van der Waals surface area contributed by atoms with E-state index in [-0.39, 0.29) is 0 Å². The number of hydrogen-bond donors (Lipinski definition) is 0. The fourth-order valence-electron chi connectivity index (χ4n) is 1.48. The first kappa shape index (κ1) is 11.6. The van der Waals surface area contributed by atoms with Gasteiger partial charge in [0.25, 0.3) is 0 Å². The van der Waals surface area contributed by atoms with Gasteiger partial charge in [0.15, 0.2) is 0 Å². The van der Waals surface area contributed by atoms with E-state index in [1.54, 1.807) is 18.4 Å². The van der Waals surface area contributed by atoms with Crippen LogP contribution in [0.3, 0.4) is 0 Å². The van der Waals surface area contributed by atoms with Crippen molar-refractivity contribution < 1.29 is 4.74 Å². The van der Waals surface area contributed by atoms with E-state index in [2.05, 4.69) is 35.9 Å². The molecule has 2 aromatic rings. The summed E-state index contributed by atoms with van der Waals surface area (Å²) in [6.45, 7) is 2.08. The van der Waals surface area contributed by atoms with Crippen LogP contribution in [0, 0.1) is 6.92 Å². The third-order valence-corrected chi connectivity index (χ3v) is 4.15. The Morgan fingerprint density at radius 1 is 1.31 bits per heavy atom. The lowest BCUT2D eigenvalue weighted by atomic mass is 10.2. The number of thioether (sulfide) groups is 1. The molecule has 2 rings (SSSR count). The number of hydrogen-bond acceptors (Lipinski definition) is 3. The molecular formula is C13H14OS2. The Kier molecular flexibility index (Phi) is 3.91. The van der Waals surface area contributed by atoms with E-state index < -0.39 is 0 Å². The van der Waals surface area contributed by atoms with E-state index in [4.69, 9.17) is 4.74 Å². The van der Waals surface area contributed by atoms with E-state index in [9.17, 15) is 0 Å². The van der Waals surface area contributed by atoms with E-state index >= 15 is 0 Å². The molecule has 1 nitrogen and oxygen atoms in total. The predicted octanol–water partition coefficient (Wildman–Crippen LogP) is 4.36. The summed E-state index contributed by atoms with van der Waals surface area (Å²) in [5.41, 5.74) is 2.58. The highest BCUT2D eigenvalue weighted by molar-refractivity contribution is 7.98. The third kappa shape index (κ3) is 2.80. The largest absolute Gasteiger partial charge is 0.496 e. The van der Waals surface area contributed by atoms with E-state index in [0.717, 1.165) is 11.5 Å². The summed E-state index contributed by atoms with van der Waals surface area (Å²) in [5, 5.41) is 4.32. The summed E-state index contributed by atoms with van der Waals surface area (Å²) in [6.07, 6.45) is 0. The molecule has 0 spiro atoms. The molecule has 1 aromatic heterocycles. The Labute approximate surface area is 104 Å². The topological polar surface area (TPSA) is 9.23 Å². The Morgan fingerprint density at radius 2 is 2.19 bits per heavy atom. The minimum atomic E-state index is 0.958. The van der Waals surface area contributed by atoms with Gasteiger partial charge in [-0.25, -0.2) is 0 Å². The first-order valence-electron chi connectivity index (χ1n) is 5.08. The number of ether oxygens (including phenoxy) is 1. The Morgan fingerprint density at radius 3 is 2.81 bits per heavy atom. The second-order valence-electron chi connectivity index (χ2n) is 3.55. The van der Waals surface area contributed by atoms with Gasteiger partial charge in [-0.1, -0.05) is 0 Å². The van der Waals surface area contributed by atoms with E-state index in [1.807, 2.05) is 17.8 Å². The first-order chi connectivity index (χ1) is 7.79. The average molecular weight is 250 g/mol. The molecule has 0 unspecified atom stereocenters. The molecule has 0 bridgehead atoms. The summed E-state index contributed by atoms with van der Waals surface area (Å²) in [6, 6.07) is 8.50. The zero-order chi connectivity index (χ0) is 11.4. The number of thiophene rings is 1. The van der Waals surface area contributed by atoms with Crippen molar-refractivity contribution >= 4 is 23.1 Å². The van der Waals surface area contributed by atoms with Crippen LogP contribution in [0.4, 0.5) is 0 Å². The fourth-order valence-corrected chi connectivity index (χ4v) is 3.19. The van der Waals surface area contributed by atoms with E-state index in [0.29, 0.717) is 0 Å². The van der Waals surface area contributed by atoms with Gasteiger partial charge in [-0.2, -0.15) is 11.3 Å². The van der Waals surface area contributed by atoms with Gasteiger partial charge >= 0.3 is 0 Å². The third-order valence-electron chi connectivity index (χ3n) is 2.35. The standard InChI is InChI=1S/C13H14OS2/c1-10-7-12(3-4-13(10)14-2)16-9-11-5-6-15-8-11/h3-8H,9H2,1-2H3. The highest BCUT2D eigenvalue weighted by atomic mass is 32.2. The van der Waals surface area contributed by atoms with Gasteiger partial charge in [0.2, 0.25) is 0 Å². The van der Waals surface area contributed by atoms with Crippen LogP contribution in [0.5, 0.6) is 5.75 Å². The van der Waals surface area contributed by atoms with Gasteiger partial charge in [-0.05, 0) is 53.1 Å². The summed E-state index contributed by atoms with van der Waals surface area (Å²) in [5.74, 6) is 2.00. The average Bonchev–Trinajstić information content (AvgIpc) is 2.79. The van der Waals surface area contributed by atoms with Gasteiger partial charge in [-0.15, -0.1) is 11.8 Å². The van der Waals surface area contributed by atoms with Gasteiger partial charge in [0.1, 0.15) is 5.75 Å². The van der Waals surface area contributed by atoms with Crippen LogP contribution < -0.4 is 4.74 Å². The van der Waals surface area contributed by atoms with Crippen LogP contribution in [0.15, 0.2) is 39.9 Å². The maximum atomic E-state index is 5.24. The van der Waals surface area contributed by atoms with Gasteiger partial charge in [-0.3, -0.25) is 0 Å². The second kappa shape index (κ2) is 5.41. The van der Waals surface area contributed by atoms with Crippen molar-refractivity contribution in [1.82, 2.24) is 0 Å². The van der Waals surface area contributed by atoms with Crippen LogP contribution in [0.25, 0.3) is 0 Å². The molecule has 16 heavy (non-hydrogen) atoms. The molecule has 0 aliphatic rings. The second-order valence-corrected chi connectivity index (χ2v) is 5.38. The van der Waals surface area contributed by atoms with Gasteiger partial charge < -0.3 is 4.74 Å². The molecule has 0 N–H and O–H groups in total. The molecule has 0 fully saturated rings. The van der Waals surface area contributed by atoms with Crippen LogP contribution in [0.1, 0.15) is 11.1 Å². The highest BCUT2D eigenvalue weighted by Gasteiger charge is 2.01. The van der Waals surface area contributed by atoms with Crippen molar-refractivity contribution in [2.24, 2.45) is 0 Å². The quantitative estimate of drug-likeness (QED) is 0.746. The lowest BCUT2D eigenvalue weighted by Crippen LogP contribution is -1.87. The van der Waals surface area contributed by atoms with Crippen LogP contribution in [-0.2, 0) is 5.75 Å². The molecule has 1 aromatic carbocycles. The SMILES string of the molecule is COc1ccc(SCc2ccsc2)cc1C. The summed E-state index contributed by atoms with van der Waals surface area (Å²) in [4.78, 5) is 1.30. The van der Waals surface area contributed by atoms with Crippen molar-refractivity contribution in [3.63, 3.8) is 0 Å². The molecular weight excluding hydrogens is 236 g/mol. The monoisotopic (exact) mass is 250 g/mol. The zero-order valence-electron chi connectivity index (χ0n) is 9.40. The molecule has 0 saturated carbocycles. The molecule has 1 heterocycles. The summed E-state index contributed by atoms with van der Waals surface area (Å²) in [7, 11) is 1.71. The molecule has 0 aliphatic carbocycles. The lowest BCUT2D eigenvalue weighted by molar-refractivity contribution is 0.411. The molecule has 0 atom stereocenters. The van der Waals surface area contributed by atoms with Crippen molar-refractivity contribution in [3.8, 4) is 5.75 Å². The van der Waals surface area contributed by atoms with E-state index in [1.165, 1.54) is 16.0 Å². The van der Waals surface area contributed by atoms with Crippen LogP contribution in [-0.4, -0.2) is 7.11 Å². The first-order valence-corrected chi connectivity index (χ1v) is 7.01. The molecule has 0 saturated heterocycles. The minimum Gasteiger partial charge on any atom is -0.496 e. The van der Waals surface area contributed by atoms with Crippen LogP contribution in [0.2, 0.25) is 0 Å². The Bertz CT molecular complexity index is 449.